The molecule has 61 heavy (non-hydrogen) atoms. The lowest BCUT2D eigenvalue weighted by Crippen LogP contribution is -2.45. The predicted molar refractivity (Wildman–Crippen MR) is 264 cm³/mol. The molecule has 0 aromatic carbocycles. The molecule has 360 valence electrons. The van der Waals surface area contributed by atoms with E-state index < -0.39 is 12.1 Å². The Morgan fingerprint density at radius 3 is 1.20 bits per heavy atom. The van der Waals surface area contributed by atoms with Crippen LogP contribution in [0.3, 0.4) is 0 Å². The molecule has 0 saturated heterocycles. The third kappa shape index (κ3) is 47.7. The second-order valence-corrected chi connectivity index (χ2v) is 18.6. The molecule has 2 unspecified atom stereocenters. The van der Waals surface area contributed by atoms with E-state index >= 15 is 0 Å². The van der Waals surface area contributed by atoms with E-state index in [2.05, 4.69) is 31.3 Å². The molecule has 2 atom stereocenters. The van der Waals surface area contributed by atoms with Crippen LogP contribution in [0.2, 0.25) is 0 Å². The zero-order chi connectivity index (χ0) is 44.4. The molecule has 0 aliphatic heterocycles. The third-order valence-electron chi connectivity index (χ3n) is 12.5. The first-order chi connectivity index (χ1) is 30.0. The van der Waals surface area contributed by atoms with Gasteiger partial charge in [0.05, 0.1) is 25.4 Å². The third-order valence-corrected chi connectivity index (χ3v) is 12.5. The predicted octanol–water partition coefficient (Wildman–Crippen LogP) is 16.3. The zero-order valence-electron chi connectivity index (χ0n) is 40.9. The molecular weight excluding hydrogens is 755 g/mol. The Balaban J connectivity index is 3.55. The number of aliphatic hydroxyl groups excluding tert-OH is 2. The summed E-state index contributed by atoms with van der Waals surface area (Å²) in [5.41, 5.74) is 0. The Morgan fingerprint density at radius 1 is 0.443 bits per heavy atom. The normalized spacial score (nSPS) is 12.8. The molecule has 6 heteroatoms. The molecule has 0 aliphatic rings. The summed E-state index contributed by atoms with van der Waals surface area (Å²) in [5.74, 6) is -0.160. The highest BCUT2D eigenvalue weighted by Gasteiger charge is 2.18. The van der Waals surface area contributed by atoms with Crippen molar-refractivity contribution in [1.82, 2.24) is 5.32 Å². The number of ether oxygens (including phenoxy) is 1. The van der Waals surface area contributed by atoms with Crippen LogP contribution >= 0.6 is 0 Å². The summed E-state index contributed by atoms with van der Waals surface area (Å²) < 4.78 is 5.45. The van der Waals surface area contributed by atoms with Gasteiger partial charge in [-0.3, -0.25) is 9.59 Å². The largest absolute Gasteiger partial charge is 0.466 e. The molecule has 1 amide bonds. The van der Waals surface area contributed by atoms with Gasteiger partial charge in [0, 0.05) is 12.8 Å². The fraction of sp³-hybridized carbons (Fsp3) is 0.891. The van der Waals surface area contributed by atoms with E-state index in [0.717, 1.165) is 70.6 Å². The van der Waals surface area contributed by atoms with E-state index in [1.165, 1.54) is 193 Å². The van der Waals surface area contributed by atoms with Crippen LogP contribution in [-0.4, -0.2) is 47.4 Å². The number of nitrogens with one attached hydrogen (secondary N) is 1. The van der Waals surface area contributed by atoms with Crippen molar-refractivity contribution in [3.8, 4) is 0 Å². The maximum Gasteiger partial charge on any atom is 0.305 e. The lowest BCUT2D eigenvalue weighted by Gasteiger charge is -2.19. The first-order valence-electron chi connectivity index (χ1n) is 27.1. The van der Waals surface area contributed by atoms with Gasteiger partial charge < -0.3 is 20.3 Å². The van der Waals surface area contributed by atoms with Gasteiger partial charge in [-0.2, -0.15) is 0 Å². The first-order valence-corrected chi connectivity index (χ1v) is 27.1. The van der Waals surface area contributed by atoms with E-state index in [9.17, 15) is 19.8 Å². The number of aliphatic hydroxyl groups is 2. The topological polar surface area (TPSA) is 95.9 Å². The Labute approximate surface area is 380 Å². The maximum absolute atomic E-state index is 12.4. The van der Waals surface area contributed by atoms with E-state index in [-0.39, 0.29) is 18.5 Å². The molecule has 0 rings (SSSR count). The lowest BCUT2D eigenvalue weighted by atomic mass is 10.0. The number of rotatable bonds is 50. The van der Waals surface area contributed by atoms with Crippen LogP contribution in [0.1, 0.15) is 290 Å². The van der Waals surface area contributed by atoms with E-state index in [4.69, 9.17) is 4.74 Å². The fourth-order valence-electron chi connectivity index (χ4n) is 8.28. The van der Waals surface area contributed by atoms with Crippen molar-refractivity contribution in [1.29, 1.82) is 0 Å². The molecule has 0 spiro atoms. The van der Waals surface area contributed by atoms with Gasteiger partial charge in [-0.15, -0.1) is 0 Å². The molecule has 0 aliphatic carbocycles. The number of esters is 1. The number of allylic oxidation sites excluding steroid dienone is 3. The molecule has 0 heterocycles. The Kier molecular flexibility index (Phi) is 49.6. The fourth-order valence-corrected chi connectivity index (χ4v) is 8.28. The van der Waals surface area contributed by atoms with Crippen molar-refractivity contribution >= 4 is 11.9 Å². The van der Waals surface area contributed by atoms with Gasteiger partial charge in [-0.1, -0.05) is 250 Å². The second-order valence-electron chi connectivity index (χ2n) is 18.6. The molecular formula is C55H105NO5. The number of unbranched alkanes of at least 4 members (excludes halogenated alkanes) is 37. The summed E-state index contributed by atoms with van der Waals surface area (Å²) in [5, 5.41) is 23.1. The average Bonchev–Trinajstić information content (AvgIpc) is 3.26. The standard InChI is InChI=1S/C55H105NO5/c1-3-5-7-9-11-13-15-17-19-21-22-23-24-26-28-31-35-39-43-47-53(58)52(51-57)56-54(59)48-44-40-36-32-30-34-38-42-46-50-61-55(60)49-45-41-37-33-29-27-25-20-18-16-14-12-10-8-6-4-2/h32,36,43,47,52-53,57-58H,3-31,33-35,37-42,44-46,48-51H2,1-2H3,(H,56,59)/b36-32-,47-43+. The van der Waals surface area contributed by atoms with Crippen LogP contribution in [0.4, 0.5) is 0 Å². The highest BCUT2D eigenvalue weighted by molar-refractivity contribution is 5.76. The minimum absolute atomic E-state index is 0.0343. The monoisotopic (exact) mass is 860 g/mol. The van der Waals surface area contributed by atoms with Gasteiger partial charge in [-0.25, -0.2) is 0 Å². The van der Waals surface area contributed by atoms with Gasteiger partial charge in [0.2, 0.25) is 5.91 Å². The van der Waals surface area contributed by atoms with E-state index in [1.807, 2.05) is 6.08 Å². The minimum atomic E-state index is -0.875. The number of amides is 1. The van der Waals surface area contributed by atoms with Crippen molar-refractivity contribution in [2.75, 3.05) is 13.2 Å². The number of hydrogen-bond donors (Lipinski definition) is 3. The van der Waals surface area contributed by atoms with Crippen molar-refractivity contribution < 1.29 is 24.5 Å². The summed E-state index contributed by atoms with van der Waals surface area (Å²) in [4.78, 5) is 24.5. The highest BCUT2D eigenvalue weighted by atomic mass is 16.5. The van der Waals surface area contributed by atoms with Crippen molar-refractivity contribution in [2.24, 2.45) is 0 Å². The van der Waals surface area contributed by atoms with Crippen LogP contribution in [-0.2, 0) is 14.3 Å². The smallest absolute Gasteiger partial charge is 0.305 e. The van der Waals surface area contributed by atoms with Crippen molar-refractivity contribution in [3.05, 3.63) is 24.3 Å². The van der Waals surface area contributed by atoms with Gasteiger partial charge in [-0.05, 0) is 51.4 Å². The minimum Gasteiger partial charge on any atom is -0.466 e. The van der Waals surface area contributed by atoms with E-state index in [0.29, 0.717) is 19.4 Å². The molecule has 3 N–H and O–H groups in total. The van der Waals surface area contributed by atoms with Gasteiger partial charge in [0.1, 0.15) is 0 Å². The first kappa shape index (κ1) is 59.3. The van der Waals surface area contributed by atoms with Gasteiger partial charge in [0.25, 0.3) is 0 Å². The summed E-state index contributed by atoms with van der Waals surface area (Å²) in [7, 11) is 0. The Bertz CT molecular complexity index is 951. The summed E-state index contributed by atoms with van der Waals surface area (Å²) in [6, 6.07) is -0.665. The van der Waals surface area contributed by atoms with Crippen LogP contribution in [0.5, 0.6) is 0 Å². The Hall–Kier alpha value is -1.66. The molecule has 0 fully saturated rings. The number of hydrogen-bond acceptors (Lipinski definition) is 5. The van der Waals surface area contributed by atoms with Gasteiger partial charge in [0.15, 0.2) is 0 Å². The molecule has 0 radical (unpaired) electrons. The van der Waals surface area contributed by atoms with Crippen LogP contribution in [0.15, 0.2) is 24.3 Å². The number of carbonyl (C=O) groups excluding carboxylic acids is 2. The maximum atomic E-state index is 12.4. The molecule has 0 aromatic heterocycles. The average molecular weight is 860 g/mol. The number of carbonyl (C=O) groups is 2. The lowest BCUT2D eigenvalue weighted by molar-refractivity contribution is -0.143. The molecule has 6 nitrogen and oxygen atoms in total. The quantitative estimate of drug-likeness (QED) is 0.0322. The zero-order valence-corrected chi connectivity index (χ0v) is 40.9. The summed E-state index contributed by atoms with van der Waals surface area (Å²) in [6.45, 7) is 4.83. The molecule has 0 bridgehead atoms. The summed E-state index contributed by atoms with van der Waals surface area (Å²) in [6.07, 6.45) is 60.5. The SMILES string of the molecule is CCCCCCCCCCCCCCCCCCC/C=C/C(O)C(CO)NC(=O)CCC/C=C\CCCCCCOC(=O)CCCCCCCCCCCCCCCCCC. The highest BCUT2D eigenvalue weighted by Crippen LogP contribution is 2.16. The van der Waals surface area contributed by atoms with Crippen LogP contribution in [0.25, 0.3) is 0 Å². The van der Waals surface area contributed by atoms with Crippen molar-refractivity contribution in [3.63, 3.8) is 0 Å². The van der Waals surface area contributed by atoms with Gasteiger partial charge >= 0.3 is 5.97 Å². The van der Waals surface area contributed by atoms with E-state index in [1.54, 1.807) is 6.08 Å². The van der Waals surface area contributed by atoms with Crippen LogP contribution < -0.4 is 5.32 Å². The second kappa shape index (κ2) is 51.0. The molecule has 0 aromatic rings. The van der Waals surface area contributed by atoms with Crippen molar-refractivity contribution in [2.45, 2.75) is 302 Å². The Morgan fingerprint density at radius 2 is 0.787 bits per heavy atom. The van der Waals surface area contributed by atoms with Crippen LogP contribution in [0, 0.1) is 0 Å². The summed E-state index contributed by atoms with van der Waals surface area (Å²) >= 11 is 0. The molecule has 0 saturated carbocycles.